The molecule has 4 nitrogen and oxygen atoms in total. The van der Waals surface area contributed by atoms with Gasteiger partial charge in [-0.15, -0.1) is 22.7 Å². The molecule has 21 heavy (non-hydrogen) atoms. The topological polar surface area (TPSA) is 62.2 Å². The molecule has 108 valence electrons. The van der Waals surface area contributed by atoms with Crippen LogP contribution in [0.4, 0.5) is 5.69 Å². The van der Waals surface area contributed by atoms with Crippen molar-refractivity contribution in [2.75, 3.05) is 11.6 Å². The minimum Gasteiger partial charge on any atom is -0.478 e. The first-order chi connectivity index (χ1) is 10.2. The van der Waals surface area contributed by atoms with E-state index in [-0.39, 0.29) is 0 Å². The zero-order chi connectivity index (χ0) is 14.8. The summed E-state index contributed by atoms with van der Waals surface area (Å²) in [7, 11) is 0. The van der Waals surface area contributed by atoms with E-state index in [0.29, 0.717) is 12.1 Å². The molecule has 0 bridgehead atoms. The van der Waals surface area contributed by atoms with Crippen molar-refractivity contribution in [3.8, 4) is 0 Å². The fourth-order valence-electron chi connectivity index (χ4n) is 1.88. The lowest BCUT2D eigenvalue weighted by Crippen LogP contribution is -1.97. The Morgan fingerprint density at radius 1 is 1.43 bits per heavy atom. The first-order valence-corrected chi connectivity index (χ1v) is 9.07. The highest BCUT2D eigenvalue weighted by Crippen LogP contribution is 2.30. The van der Waals surface area contributed by atoms with Crippen molar-refractivity contribution in [3.05, 3.63) is 40.1 Å². The molecule has 3 aromatic rings. The Balaban J connectivity index is 1.73. The molecule has 0 spiro atoms. The van der Waals surface area contributed by atoms with Crippen molar-refractivity contribution >= 4 is 56.3 Å². The summed E-state index contributed by atoms with van der Waals surface area (Å²) < 4.78 is 2.22. The first-order valence-electron chi connectivity index (χ1n) is 6.15. The van der Waals surface area contributed by atoms with Gasteiger partial charge in [0.15, 0.2) is 4.34 Å². The van der Waals surface area contributed by atoms with E-state index in [0.717, 1.165) is 25.1 Å². The summed E-state index contributed by atoms with van der Waals surface area (Å²) in [5, 5.41) is 13.9. The number of hydrogen-bond acceptors (Lipinski definition) is 6. The Morgan fingerprint density at radius 2 is 2.29 bits per heavy atom. The zero-order valence-corrected chi connectivity index (χ0v) is 13.6. The molecule has 3 rings (SSSR count). The van der Waals surface area contributed by atoms with Gasteiger partial charge in [0.25, 0.3) is 0 Å². The van der Waals surface area contributed by atoms with Gasteiger partial charge < -0.3 is 10.4 Å². The van der Waals surface area contributed by atoms with Crippen molar-refractivity contribution in [1.29, 1.82) is 0 Å². The molecule has 0 aliphatic carbocycles. The highest BCUT2D eigenvalue weighted by atomic mass is 32.2. The number of aromatic nitrogens is 1. The number of thiazole rings is 1. The summed E-state index contributed by atoms with van der Waals surface area (Å²) in [6.45, 7) is 0.623. The summed E-state index contributed by atoms with van der Waals surface area (Å²) in [4.78, 5) is 16.3. The number of thiophene rings is 1. The molecule has 0 saturated carbocycles. The van der Waals surface area contributed by atoms with Gasteiger partial charge in [-0.3, -0.25) is 0 Å². The van der Waals surface area contributed by atoms with Gasteiger partial charge in [0.1, 0.15) is 0 Å². The normalized spacial score (nSPS) is 10.9. The van der Waals surface area contributed by atoms with Crippen LogP contribution in [-0.2, 0) is 6.54 Å². The van der Waals surface area contributed by atoms with E-state index in [1.165, 1.54) is 11.3 Å². The Morgan fingerprint density at radius 3 is 3.00 bits per heavy atom. The molecule has 0 unspecified atom stereocenters. The van der Waals surface area contributed by atoms with Crippen LogP contribution in [0, 0.1) is 0 Å². The lowest BCUT2D eigenvalue weighted by atomic mass is 10.3. The third kappa shape index (κ3) is 3.20. The third-order valence-corrected chi connectivity index (χ3v) is 5.85. The minimum atomic E-state index is -0.881. The number of hydrogen-bond donors (Lipinski definition) is 2. The Hall–Kier alpha value is -1.57. The van der Waals surface area contributed by atoms with E-state index in [1.807, 2.05) is 18.4 Å². The molecule has 0 aliphatic rings. The van der Waals surface area contributed by atoms with Crippen molar-refractivity contribution in [1.82, 2.24) is 4.98 Å². The molecule has 0 radical (unpaired) electrons. The summed E-state index contributed by atoms with van der Waals surface area (Å²) in [5.74, 6) is -0.881. The Labute approximate surface area is 133 Å². The zero-order valence-electron chi connectivity index (χ0n) is 11.1. The maximum absolute atomic E-state index is 10.8. The van der Waals surface area contributed by atoms with E-state index in [1.54, 1.807) is 34.5 Å². The highest BCUT2D eigenvalue weighted by Gasteiger charge is 2.07. The number of thioether (sulfide) groups is 1. The number of benzene rings is 1. The molecule has 7 heteroatoms. The van der Waals surface area contributed by atoms with Crippen molar-refractivity contribution in [2.45, 2.75) is 10.9 Å². The second-order valence-electron chi connectivity index (χ2n) is 4.33. The maximum atomic E-state index is 10.8. The Bertz CT molecular complexity index is 794. The van der Waals surface area contributed by atoms with E-state index < -0.39 is 5.97 Å². The molecular formula is C14H12N2O2S3. The van der Waals surface area contributed by atoms with Crippen LogP contribution in [0.3, 0.4) is 0 Å². The lowest BCUT2D eigenvalue weighted by molar-refractivity contribution is 0.0697. The quantitative estimate of drug-likeness (QED) is 0.677. The number of anilines is 1. The summed E-state index contributed by atoms with van der Waals surface area (Å²) >= 11 is 4.78. The predicted octanol–water partition coefficient (Wildman–Crippen LogP) is 4.39. The van der Waals surface area contributed by atoms with Gasteiger partial charge in [-0.2, -0.15) is 0 Å². The number of carbonyl (C=O) groups is 1. The predicted molar refractivity (Wildman–Crippen MR) is 90.0 cm³/mol. The average molecular weight is 336 g/mol. The van der Waals surface area contributed by atoms with Crippen LogP contribution in [0.1, 0.15) is 15.2 Å². The summed E-state index contributed by atoms with van der Waals surface area (Å²) in [6.07, 6.45) is 2.02. The van der Waals surface area contributed by atoms with Crippen LogP contribution in [0.2, 0.25) is 0 Å². The number of fused-ring (bicyclic) bond motifs is 1. The van der Waals surface area contributed by atoms with Crippen molar-refractivity contribution < 1.29 is 9.90 Å². The van der Waals surface area contributed by atoms with Gasteiger partial charge in [-0.05, 0) is 30.5 Å². The number of rotatable bonds is 5. The number of aromatic carboxylic acids is 1. The van der Waals surface area contributed by atoms with E-state index in [9.17, 15) is 4.79 Å². The standard InChI is InChI=1S/C14H12N2O2S3/c1-19-14-16-11-3-2-9(5-12(11)21-14)15-6-10-4-8(7-20-10)13(17)18/h2-5,7,15H,6H2,1H3,(H,17,18). The minimum absolute atomic E-state index is 0.347. The van der Waals surface area contributed by atoms with Crippen LogP contribution in [0.5, 0.6) is 0 Å². The van der Waals surface area contributed by atoms with Crippen molar-refractivity contribution in [3.63, 3.8) is 0 Å². The molecule has 1 aromatic carbocycles. The van der Waals surface area contributed by atoms with E-state index >= 15 is 0 Å². The second-order valence-corrected chi connectivity index (χ2v) is 7.41. The van der Waals surface area contributed by atoms with E-state index in [2.05, 4.69) is 16.4 Å². The van der Waals surface area contributed by atoms with Crippen LogP contribution < -0.4 is 5.32 Å². The molecule has 0 atom stereocenters. The molecule has 2 heterocycles. The third-order valence-electron chi connectivity index (χ3n) is 2.91. The van der Waals surface area contributed by atoms with Gasteiger partial charge in [-0.25, -0.2) is 9.78 Å². The lowest BCUT2D eigenvalue weighted by Gasteiger charge is -2.04. The Kier molecular flexibility index (Phi) is 4.14. The summed E-state index contributed by atoms with van der Waals surface area (Å²) in [5.41, 5.74) is 2.38. The monoisotopic (exact) mass is 336 g/mol. The highest BCUT2D eigenvalue weighted by molar-refractivity contribution is 8.00. The number of nitrogens with zero attached hydrogens (tertiary/aromatic N) is 1. The molecule has 2 aromatic heterocycles. The fraction of sp³-hybridized carbons (Fsp3) is 0.143. The SMILES string of the molecule is CSc1nc2ccc(NCc3cc(C(=O)O)cs3)cc2s1. The van der Waals surface area contributed by atoms with Gasteiger partial charge in [0.2, 0.25) is 0 Å². The smallest absolute Gasteiger partial charge is 0.336 e. The average Bonchev–Trinajstić information content (AvgIpc) is 3.10. The van der Waals surface area contributed by atoms with Crippen LogP contribution in [0.15, 0.2) is 34.0 Å². The maximum Gasteiger partial charge on any atom is 0.336 e. The number of nitrogens with one attached hydrogen (secondary N) is 1. The van der Waals surface area contributed by atoms with Gasteiger partial charge in [0.05, 0.1) is 15.8 Å². The largest absolute Gasteiger partial charge is 0.478 e. The second kappa shape index (κ2) is 6.05. The van der Waals surface area contributed by atoms with Gasteiger partial charge in [-0.1, -0.05) is 11.8 Å². The molecule has 0 amide bonds. The van der Waals surface area contributed by atoms with Crippen LogP contribution in [0.25, 0.3) is 10.2 Å². The molecule has 0 saturated heterocycles. The van der Waals surface area contributed by atoms with Gasteiger partial charge >= 0.3 is 5.97 Å². The molecule has 0 fully saturated rings. The van der Waals surface area contributed by atoms with Crippen LogP contribution >= 0.6 is 34.4 Å². The number of carboxylic acids is 1. The van der Waals surface area contributed by atoms with Crippen LogP contribution in [-0.4, -0.2) is 22.3 Å². The fourth-order valence-corrected chi connectivity index (χ4v) is 4.20. The number of carboxylic acid groups (broad SMARTS) is 1. The first kappa shape index (κ1) is 14.4. The molecule has 2 N–H and O–H groups in total. The van der Waals surface area contributed by atoms with Gasteiger partial charge in [0, 0.05) is 22.5 Å². The molecule has 0 aliphatic heterocycles. The molecular weight excluding hydrogens is 324 g/mol. The summed E-state index contributed by atoms with van der Waals surface area (Å²) in [6, 6.07) is 7.79. The van der Waals surface area contributed by atoms with Crippen molar-refractivity contribution in [2.24, 2.45) is 0 Å². The van der Waals surface area contributed by atoms with E-state index in [4.69, 9.17) is 5.11 Å².